The number of carbonyl (C=O) groups is 2. The smallest absolute Gasteiger partial charge is 0.163 e. The monoisotopic (exact) mass is 364 g/mol. The number of ether oxygens (including phenoxy) is 1. The highest BCUT2D eigenvalue weighted by Crippen LogP contribution is 2.53. The topological polar surface area (TPSA) is 43.4 Å². The highest BCUT2D eigenvalue weighted by Gasteiger charge is 2.47. The summed E-state index contributed by atoms with van der Waals surface area (Å²) < 4.78 is 6.32. The molecule has 3 heteroatoms. The van der Waals surface area contributed by atoms with Crippen LogP contribution >= 0.6 is 0 Å². The van der Waals surface area contributed by atoms with Crippen molar-refractivity contribution in [3.8, 4) is 0 Å². The first-order valence-electron chi connectivity index (χ1n) is 9.84. The van der Waals surface area contributed by atoms with Crippen LogP contribution in [0.1, 0.15) is 70.4 Å². The Morgan fingerprint density at radius 3 is 1.78 bits per heavy atom. The van der Waals surface area contributed by atoms with Crippen LogP contribution in [0.2, 0.25) is 0 Å². The van der Waals surface area contributed by atoms with Gasteiger partial charge in [0.15, 0.2) is 11.6 Å². The van der Waals surface area contributed by atoms with Gasteiger partial charge in [-0.15, -0.1) is 0 Å². The lowest BCUT2D eigenvalue weighted by Gasteiger charge is -2.43. The molecule has 0 saturated carbocycles. The maximum absolute atomic E-state index is 13.2. The van der Waals surface area contributed by atoms with Crippen molar-refractivity contribution in [3.05, 3.63) is 58.1 Å². The molecular formula is C24H28O3. The number of benzene rings is 1. The quantitative estimate of drug-likeness (QED) is 0.670. The zero-order valence-corrected chi connectivity index (χ0v) is 16.9. The van der Waals surface area contributed by atoms with Gasteiger partial charge in [-0.3, -0.25) is 9.59 Å². The normalized spacial score (nSPS) is 24.5. The van der Waals surface area contributed by atoms with Crippen LogP contribution in [0, 0.1) is 17.8 Å². The molecule has 142 valence electrons. The molecule has 0 spiro atoms. The number of ketones is 2. The Hall–Kier alpha value is -2.16. The molecule has 2 aliphatic carbocycles. The van der Waals surface area contributed by atoms with Crippen molar-refractivity contribution in [2.45, 2.75) is 66.2 Å². The fourth-order valence-electron chi connectivity index (χ4n) is 4.90. The van der Waals surface area contributed by atoms with Crippen molar-refractivity contribution >= 4 is 11.6 Å². The number of allylic oxidation sites excluding steroid dienone is 4. The Bertz CT molecular complexity index is 859. The van der Waals surface area contributed by atoms with Gasteiger partial charge in [0.05, 0.1) is 0 Å². The first kappa shape index (κ1) is 18.2. The molecule has 0 fully saturated rings. The average molecular weight is 364 g/mol. The molecule has 3 aliphatic rings. The summed E-state index contributed by atoms with van der Waals surface area (Å²) in [6.07, 6.45) is 2.48. The van der Waals surface area contributed by atoms with E-state index in [4.69, 9.17) is 4.74 Å². The van der Waals surface area contributed by atoms with E-state index in [2.05, 4.69) is 46.8 Å². The van der Waals surface area contributed by atoms with E-state index in [9.17, 15) is 9.59 Å². The Balaban J connectivity index is 1.94. The van der Waals surface area contributed by atoms with Crippen LogP contribution in [0.4, 0.5) is 0 Å². The minimum Gasteiger partial charge on any atom is -0.465 e. The zero-order chi connectivity index (χ0) is 19.6. The first-order valence-corrected chi connectivity index (χ1v) is 9.84. The summed E-state index contributed by atoms with van der Waals surface area (Å²) in [5, 5.41) is 0. The fourth-order valence-corrected chi connectivity index (χ4v) is 4.90. The van der Waals surface area contributed by atoms with E-state index in [0.29, 0.717) is 12.8 Å². The van der Waals surface area contributed by atoms with Crippen molar-refractivity contribution in [2.24, 2.45) is 10.8 Å². The second kappa shape index (κ2) is 5.92. The van der Waals surface area contributed by atoms with Crippen LogP contribution in [0.5, 0.6) is 0 Å². The van der Waals surface area contributed by atoms with Crippen LogP contribution in [0.15, 0.2) is 46.9 Å². The minimum atomic E-state index is -0.280. The van der Waals surface area contributed by atoms with Crippen LogP contribution in [0.3, 0.4) is 0 Å². The maximum Gasteiger partial charge on any atom is 0.163 e. The summed E-state index contributed by atoms with van der Waals surface area (Å²) in [5.41, 5.74) is 3.38. The van der Waals surface area contributed by atoms with E-state index < -0.39 is 0 Å². The molecule has 1 aromatic rings. The largest absolute Gasteiger partial charge is 0.465 e. The van der Waals surface area contributed by atoms with Gasteiger partial charge < -0.3 is 4.74 Å². The summed E-state index contributed by atoms with van der Waals surface area (Å²) in [4.78, 5) is 26.4. The molecule has 0 amide bonds. The number of hydrogen-bond acceptors (Lipinski definition) is 3. The van der Waals surface area contributed by atoms with Gasteiger partial charge in [-0.2, -0.15) is 0 Å². The summed E-state index contributed by atoms with van der Waals surface area (Å²) in [6, 6.07) is 8.10. The van der Waals surface area contributed by atoms with Crippen molar-refractivity contribution < 1.29 is 14.3 Å². The van der Waals surface area contributed by atoms with Crippen molar-refractivity contribution in [2.75, 3.05) is 0 Å². The molecule has 0 N–H and O–H groups in total. The van der Waals surface area contributed by atoms with E-state index in [1.165, 1.54) is 0 Å². The van der Waals surface area contributed by atoms with Crippen molar-refractivity contribution in [1.82, 2.24) is 0 Å². The number of aryl methyl sites for hydroxylation is 1. The van der Waals surface area contributed by atoms with Gasteiger partial charge in [0.2, 0.25) is 0 Å². The van der Waals surface area contributed by atoms with E-state index in [0.717, 1.165) is 46.6 Å². The molecule has 4 rings (SSSR count). The third-order valence-electron chi connectivity index (χ3n) is 6.08. The predicted octanol–water partition coefficient (Wildman–Crippen LogP) is 5.40. The van der Waals surface area contributed by atoms with Gasteiger partial charge in [-0.25, -0.2) is 0 Å². The summed E-state index contributed by atoms with van der Waals surface area (Å²) >= 11 is 0. The van der Waals surface area contributed by atoms with Crippen molar-refractivity contribution in [3.63, 3.8) is 0 Å². The Kier molecular flexibility index (Phi) is 3.99. The first-order chi connectivity index (χ1) is 12.6. The summed E-state index contributed by atoms with van der Waals surface area (Å²) in [7, 11) is 0. The molecule has 1 aromatic carbocycles. The highest BCUT2D eigenvalue weighted by molar-refractivity contribution is 6.06. The van der Waals surface area contributed by atoms with Crippen LogP contribution in [-0.4, -0.2) is 11.6 Å². The van der Waals surface area contributed by atoms with Crippen LogP contribution < -0.4 is 0 Å². The van der Waals surface area contributed by atoms with E-state index in [1.54, 1.807) is 0 Å². The highest BCUT2D eigenvalue weighted by atomic mass is 16.5. The van der Waals surface area contributed by atoms with Gasteiger partial charge in [0.1, 0.15) is 11.5 Å². The summed E-state index contributed by atoms with van der Waals surface area (Å²) in [6.45, 7) is 10.5. The summed E-state index contributed by atoms with van der Waals surface area (Å²) in [5.74, 6) is 1.54. The minimum absolute atomic E-state index is 0.113. The Morgan fingerprint density at radius 1 is 0.815 bits per heavy atom. The van der Waals surface area contributed by atoms with E-state index in [-0.39, 0.29) is 28.3 Å². The van der Waals surface area contributed by atoms with Gasteiger partial charge in [-0.1, -0.05) is 52.0 Å². The average Bonchev–Trinajstić information content (AvgIpc) is 2.51. The third-order valence-corrected chi connectivity index (χ3v) is 6.08. The van der Waals surface area contributed by atoms with Gasteiger partial charge in [-0.05, 0) is 28.9 Å². The van der Waals surface area contributed by atoms with Gasteiger partial charge in [0, 0.05) is 42.7 Å². The second-order valence-electron chi connectivity index (χ2n) is 9.95. The molecule has 0 bridgehead atoms. The standard InChI is InChI=1S/C24H28O3/c1-14-8-6-7-9-15(14)20-21-16(25)10-23(2,3)12-18(21)27-19-13-24(4,5)11-17(26)22(19)20/h6-9,20H,10-13H2,1-5H3. The SMILES string of the molecule is Cc1ccccc1C1C2=C(CC(C)(C)CC2=O)OC2=C1C(=O)CC(C)(C)C2. The molecular weight excluding hydrogens is 336 g/mol. The molecule has 27 heavy (non-hydrogen) atoms. The van der Waals surface area contributed by atoms with Crippen LogP contribution in [-0.2, 0) is 14.3 Å². The van der Waals surface area contributed by atoms with Gasteiger partial charge in [0.25, 0.3) is 0 Å². The predicted molar refractivity (Wildman–Crippen MR) is 105 cm³/mol. The molecule has 0 aromatic heterocycles. The zero-order valence-electron chi connectivity index (χ0n) is 16.9. The number of hydrogen-bond donors (Lipinski definition) is 0. The van der Waals surface area contributed by atoms with Crippen LogP contribution in [0.25, 0.3) is 0 Å². The molecule has 3 nitrogen and oxygen atoms in total. The molecule has 1 aliphatic heterocycles. The Labute approximate surface area is 161 Å². The molecule has 0 saturated heterocycles. The second-order valence-corrected chi connectivity index (χ2v) is 9.95. The van der Waals surface area contributed by atoms with Gasteiger partial charge >= 0.3 is 0 Å². The van der Waals surface area contributed by atoms with E-state index >= 15 is 0 Å². The molecule has 1 heterocycles. The number of rotatable bonds is 1. The lowest BCUT2D eigenvalue weighted by Crippen LogP contribution is -2.37. The van der Waals surface area contributed by atoms with Crippen molar-refractivity contribution in [1.29, 1.82) is 0 Å². The maximum atomic E-state index is 13.2. The third kappa shape index (κ3) is 3.07. The Morgan fingerprint density at radius 2 is 1.30 bits per heavy atom. The molecule has 0 unspecified atom stereocenters. The fraction of sp³-hybridized carbons (Fsp3) is 0.500. The lowest BCUT2D eigenvalue weighted by atomic mass is 9.65. The molecule has 0 atom stereocenters. The van der Waals surface area contributed by atoms with E-state index in [1.807, 2.05) is 12.1 Å². The molecule has 0 radical (unpaired) electrons. The lowest BCUT2D eigenvalue weighted by molar-refractivity contribution is -0.120. The number of Topliss-reactive ketones (excluding diaryl/α,β-unsaturated/α-hetero) is 2. The number of carbonyl (C=O) groups excluding carboxylic acids is 2.